The average molecular weight is 319 g/mol. The van der Waals surface area contributed by atoms with E-state index in [1.165, 1.54) is 5.56 Å². The molecule has 3 nitrogen and oxygen atoms in total. The Morgan fingerprint density at radius 2 is 1.71 bits per heavy atom. The van der Waals surface area contributed by atoms with Gasteiger partial charge >= 0.3 is 5.97 Å². The van der Waals surface area contributed by atoms with Crippen LogP contribution in [0.25, 0.3) is 10.9 Å². The van der Waals surface area contributed by atoms with Crippen molar-refractivity contribution >= 4 is 16.9 Å². The summed E-state index contributed by atoms with van der Waals surface area (Å²) < 4.78 is 5.59. The van der Waals surface area contributed by atoms with Crippen LogP contribution in [-0.2, 0) is 5.41 Å². The van der Waals surface area contributed by atoms with Crippen LogP contribution in [0.15, 0.2) is 54.7 Å². The van der Waals surface area contributed by atoms with Gasteiger partial charge in [-0.25, -0.2) is 4.79 Å². The highest BCUT2D eigenvalue weighted by atomic mass is 16.5. The molecule has 0 fully saturated rings. The van der Waals surface area contributed by atoms with Gasteiger partial charge in [0, 0.05) is 11.6 Å². The number of hydrogen-bond donors (Lipinski definition) is 0. The fraction of sp³-hybridized carbons (Fsp3) is 0.238. The largest absolute Gasteiger partial charge is 0.421 e. The number of aromatic nitrogens is 1. The maximum atomic E-state index is 12.5. The predicted molar refractivity (Wildman–Crippen MR) is 96.6 cm³/mol. The van der Waals surface area contributed by atoms with Gasteiger partial charge in [0.25, 0.3) is 0 Å². The monoisotopic (exact) mass is 319 g/mol. The van der Waals surface area contributed by atoms with E-state index in [1.807, 2.05) is 49.4 Å². The molecule has 0 spiro atoms. The van der Waals surface area contributed by atoms with E-state index < -0.39 is 0 Å². The molecular weight excluding hydrogens is 298 g/mol. The molecule has 0 saturated carbocycles. The lowest BCUT2D eigenvalue weighted by atomic mass is 9.87. The van der Waals surface area contributed by atoms with Crippen molar-refractivity contribution in [2.75, 3.05) is 0 Å². The number of benzene rings is 2. The number of pyridine rings is 1. The maximum absolute atomic E-state index is 12.5. The molecule has 0 aliphatic rings. The summed E-state index contributed by atoms with van der Waals surface area (Å²) in [5.41, 5.74) is 3.58. The minimum Gasteiger partial charge on any atom is -0.421 e. The van der Waals surface area contributed by atoms with Gasteiger partial charge in [-0.1, -0.05) is 45.0 Å². The first kappa shape index (κ1) is 16.2. The van der Waals surface area contributed by atoms with Gasteiger partial charge in [0.15, 0.2) is 5.75 Å². The molecule has 1 heterocycles. The van der Waals surface area contributed by atoms with Crippen molar-refractivity contribution in [2.24, 2.45) is 0 Å². The van der Waals surface area contributed by atoms with Crippen molar-refractivity contribution in [3.63, 3.8) is 0 Å². The molecule has 0 amide bonds. The number of aryl methyl sites for hydroxylation is 1. The molecule has 0 N–H and O–H groups in total. The molecule has 0 bridgehead atoms. The summed E-state index contributed by atoms with van der Waals surface area (Å²) in [5.74, 6) is 0.118. The van der Waals surface area contributed by atoms with Crippen molar-refractivity contribution in [2.45, 2.75) is 33.1 Å². The maximum Gasteiger partial charge on any atom is 0.343 e. The summed E-state index contributed by atoms with van der Waals surface area (Å²) in [7, 11) is 0. The van der Waals surface area contributed by atoms with Gasteiger partial charge < -0.3 is 4.74 Å². The minimum atomic E-state index is -0.369. The fourth-order valence-electron chi connectivity index (χ4n) is 2.64. The van der Waals surface area contributed by atoms with Crippen molar-refractivity contribution in [3.05, 3.63) is 71.4 Å². The summed E-state index contributed by atoms with van der Waals surface area (Å²) in [6, 6.07) is 15.2. The van der Waals surface area contributed by atoms with Gasteiger partial charge in [-0.2, -0.15) is 0 Å². The standard InChI is InChI=1S/C21H21NO2/c1-14-7-12-18(19-17(14)6-5-13-22-19)24-20(23)15-8-10-16(11-9-15)21(2,3)4/h5-13H,1-4H3. The van der Waals surface area contributed by atoms with Gasteiger partial charge in [0.05, 0.1) is 5.56 Å². The Labute approximate surface area is 142 Å². The number of nitrogens with zero attached hydrogens (tertiary/aromatic N) is 1. The van der Waals surface area contributed by atoms with E-state index in [2.05, 4.69) is 25.8 Å². The molecule has 1 aromatic heterocycles. The van der Waals surface area contributed by atoms with Crippen molar-refractivity contribution in [1.82, 2.24) is 4.98 Å². The number of esters is 1. The number of carbonyl (C=O) groups excluding carboxylic acids is 1. The van der Waals surface area contributed by atoms with Crippen molar-refractivity contribution < 1.29 is 9.53 Å². The van der Waals surface area contributed by atoms with Crippen molar-refractivity contribution in [3.8, 4) is 5.75 Å². The van der Waals surface area contributed by atoms with E-state index in [0.717, 1.165) is 10.9 Å². The zero-order valence-corrected chi connectivity index (χ0v) is 14.5. The molecule has 0 aliphatic carbocycles. The van der Waals surface area contributed by atoms with Crippen LogP contribution in [0.1, 0.15) is 42.3 Å². The second-order valence-electron chi connectivity index (χ2n) is 7.00. The Morgan fingerprint density at radius 1 is 1.00 bits per heavy atom. The van der Waals surface area contributed by atoms with E-state index in [9.17, 15) is 4.79 Å². The van der Waals surface area contributed by atoms with E-state index in [1.54, 1.807) is 12.3 Å². The smallest absolute Gasteiger partial charge is 0.343 e. The highest BCUT2D eigenvalue weighted by Gasteiger charge is 2.16. The number of rotatable bonds is 2. The van der Waals surface area contributed by atoms with Gasteiger partial charge in [-0.3, -0.25) is 4.98 Å². The minimum absolute atomic E-state index is 0.0551. The normalized spacial score (nSPS) is 11.5. The van der Waals surface area contributed by atoms with Gasteiger partial charge in [-0.15, -0.1) is 0 Å². The molecule has 2 aromatic carbocycles. The molecule has 3 rings (SSSR count). The lowest BCUT2D eigenvalue weighted by Gasteiger charge is -2.19. The summed E-state index contributed by atoms with van der Waals surface area (Å²) >= 11 is 0. The topological polar surface area (TPSA) is 39.2 Å². The summed E-state index contributed by atoms with van der Waals surface area (Å²) in [5, 5.41) is 0.992. The van der Waals surface area contributed by atoms with E-state index in [-0.39, 0.29) is 11.4 Å². The Morgan fingerprint density at radius 3 is 2.38 bits per heavy atom. The SMILES string of the molecule is Cc1ccc(OC(=O)c2ccc(C(C)(C)C)cc2)c2ncccc12. The van der Waals surface area contributed by atoms with E-state index >= 15 is 0 Å². The van der Waals surface area contributed by atoms with Crippen molar-refractivity contribution in [1.29, 1.82) is 0 Å². The van der Waals surface area contributed by atoms with Crippen LogP contribution in [0.2, 0.25) is 0 Å². The Bertz CT molecular complexity index is 890. The summed E-state index contributed by atoms with van der Waals surface area (Å²) in [4.78, 5) is 16.8. The molecule has 0 saturated heterocycles. The molecule has 0 radical (unpaired) electrons. The lowest BCUT2D eigenvalue weighted by molar-refractivity contribution is 0.0736. The first-order valence-corrected chi connectivity index (χ1v) is 8.03. The quantitative estimate of drug-likeness (QED) is 0.489. The van der Waals surface area contributed by atoms with Gasteiger partial charge in [-0.05, 0) is 47.7 Å². The first-order chi connectivity index (χ1) is 11.4. The molecule has 3 aromatic rings. The van der Waals surface area contributed by atoms with Crippen LogP contribution in [0.3, 0.4) is 0 Å². The molecule has 24 heavy (non-hydrogen) atoms. The van der Waals surface area contributed by atoms with Crippen LogP contribution in [0, 0.1) is 6.92 Å². The molecule has 0 unspecified atom stereocenters. The number of hydrogen-bond acceptors (Lipinski definition) is 3. The van der Waals surface area contributed by atoms with Crippen LogP contribution in [0.4, 0.5) is 0 Å². The Kier molecular flexibility index (Phi) is 4.10. The average Bonchev–Trinajstić information content (AvgIpc) is 2.57. The van der Waals surface area contributed by atoms with E-state index in [0.29, 0.717) is 16.8 Å². The Balaban J connectivity index is 1.89. The number of ether oxygens (including phenoxy) is 1. The highest BCUT2D eigenvalue weighted by molar-refractivity contribution is 5.95. The van der Waals surface area contributed by atoms with Gasteiger partial charge in [0.1, 0.15) is 5.52 Å². The number of carbonyl (C=O) groups is 1. The third-order valence-electron chi connectivity index (χ3n) is 4.14. The van der Waals surface area contributed by atoms with Crippen LogP contribution >= 0.6 is 0 Å². The second kappa shape index (κ2) is 6.08. The fourth-order valence-corrected chi connectivity index (χ4v) is 2.64. The molecule has 0 aliphatic heterocycles. The van der Waals surface area contributed by atoms with Gasteiger partial charge in [0.2, 0.25) is 0 Å². The zero-order chi connectivity index (χ0) is 17.3. The highest BCUT2D eigenvalue weighted by Crippen LogP contribution is 2.27. The van der Waals surface area contributed by atoms with Crippen LogP contribution in [0.5, 0.6) is 5.75 Å². The predicted octanol–water partition coefficient (Wildman–Crippen LogP) is 5.06. The van der Waals surface area contributed by atoms with Crippen LogP contribution < -0.4 is 4.74 Å². The zero-order valence-electron chi connectivity index (χ0n) is 14.5. The molecular formula is C21H21NO2. The molecule has 122 valence electrons. The summed E-state index contributed by atoms with van der Waals surface area (Å²) in [6.45, 7) is 8.44. The number of fused-ring (bicyclic) bond motifs is 1. The first-order valence-electron chi connectivity index (χ1n) is 8.03. The van der Waals surface area contributed by atoms with Crippen LogP contribution in [-0.4, -0.2) is 11.0 Å². The third kappa shape index (κ3) is 3.16. The van der Waals surface area contributed by atoms with E-state index in [4.69, 9.17) is 4.74 Å². The Hall–Kier alpha value is -2.68. The third-order valence-corrected chi connectivity index (χ3v) is 4.14. The second-order valence-corrected chi connectivity index (χ2v) is 7.00. The lowest BCUT2D eigenvalue weighted by Crippen LogP contribution is -2.13. The molecule has 0 atom stereocenters. The summed E-state index contributed by atoms with van der Waals surface area (Å²) in [6.07, 6.45) is 1.71. The molecule has 3 heteroatoms.